The zero-order valence-corrected chi connectivity index (χ0v) is 12.4. The van der Waals surface area contributed by atoms with Crippen molar-refractivity contribution in [2.45, 2.75) is 56.8 Å². The van der Waals surface area contributed by atoms with Crippen LogP contribution in [0.15, 0.2) is 0 Å². The molecule has 20 heavy (non-hydrogen) atoms. The molecule has 2 heterocycles. The van der Waals surface area contributed by atoms with Gasteiger partial charge in [-0.3, -0.25) is 4.79 Å². The molecule has 3 aliphatic rings. The van der Waals surface area contributed by atoms with E-state index < -0.39 is 0 Å². The summed E-state index contributed by atoms with van der Waals surface area (Å²) in [7, 11) is 0. The molecule has 1 spiro atoms. The molecule has 2 saturated heterocycles. The number of nitrogens with zero attached hydrogens (tertiary/aromatic N) is 1. The predicted molar refractivity (Wildman–Crippen MR) is 75.6 cm³/mol. The van der Waals surface area contributed by atoms with Gasteiger partial charge in [0.25, 0.3) is 0 Å². The first-order chi connectivity index (χ1) is 9.70. The highest BCUT2D eigenvalue weighted by Gasteiger charge is 2.41. The third kappa shape index (κ3) is 2.85. The molecule has 0 aromatic carbocycles. The Hall–Kier alpha value is -0.650. The average molecular weight is 282 g/mol. The van der Waals surface area contributed by atoms with E-state index >= 15 is 0 Å². The van der Waals surface area contributed by atoms with E-state index in [2.05, 4.69) is 5.32 Å². The van der Waals surface area contributed by atoms with E-state index in [4.69, 9.17) is 9.47 Å². The van der Waals surface area contributed by atoms with Crippen LogP contribution in [-0.2, 0) is 14.3 Å². The van der Waals surface area contributed by atoms with Gasteiger partial charge in [0, 0.05) is 19.6 Å². The maximum Gasteiger partial charge on any atom is 0.242 e. The third-order valence-electron chi connectivity index (χ3n) is 4.91. The quantitative estimate of drug-likeness (QED) is 0.777. The Morgan fingerprint density at radius 1 is 1.25 bits per heavy atom. The lowest BCUT2D eigenvalue weighted by Gasteiger charge is -2.46. The maximum atomic E-state index is 12.7. The van der Waals surface area contributed by atoms with Crippen molar-refractivity contribution < 1.29 is 14.3 Å². The summed E-state index contributed by atoms with van der Waals surface area (Å²) in [4.78, 5) is 14.7. The van der Waals surface area contributed by atoms with Gasteiger partial charge >= 0.3 is 0 Å². The molecule has 5 nitrogen and oxygen atoms in total. The lowest BCUT2D eigenvalue weighted by molar-refractivity contribution is -0.162. The van der Waals surface area contributed by atoms with Crippen LogP contribution >= 0.6 is 0 Å². The molecule has 0 bridgehead atoms. The fourth-order valence-electron chi connectivity index (χ4n) is 3.74. The van der Waals surface area contributed by atoms with Gasteiger partial charge < -0.3 is 19.7 Å². The summed E-state index contributed by atoms with van der Waals surface area (Å²) in [6.07, 6.45) is 5.91. The zero-order valence-electron chi connectivity index (χ0n) is 12.4. The zero-order chi connectivity index (χ0) is 14.0. The number of carbonyl (C=O) groups excluding carboxylic acids is 1. The van der Waals surface area contributed by atoms with Crippen molar-refractivity contribution in [1.82, 2.24) is 10.2 Å². The molecule has 0 aromatic heterocycles. The number of amides is 1. The second-order valence-corrected chi connectivity index (χ2v) is 6.36. The Bertz CT molecular complexity index is 350. The molecule has 0 radical (unpaired) electrons. The predicted octanol–water partition coefficient (Wildman–Crippen LogP) is 0.925. The molecular formula is C15H26N2O3. The molecule has 1 N–H and O–H groups in total. The average Bonchev–Trinajstić information content (AvgIpc) is 2.48. The molecule has 1 saturated carbocycles. The molecule has 1 aliphatic carbocycles. The minimum Gasteiger partial charge on any atom is -0.375 e. The molecule has 114 valence electrons. The first-order valence-electron chi connectivity index (χ1n) is 7.98. The largest absolute Gasteiger partial charge is 0.375 e. The van der Waals surface area contributed by atoms with Gasteiger partial charge in [0.05, 0.1) is 24.9 Å². The second-order valence-electron chi connectivity index (χ2n) is 6.36. The molecule has 1 amide bonds. The Balaban J connectivity index is 1.65. The van der Waals surface area contributed by atoms with Crippen LogP contribution in [-0.4, -0.2) is 61.4 Å². The van der Waals surface area contributed by atoms with Gasteiger partial charge in [0.15, 0.2) is 0 Å². The number of hydrogen-bond acceptors (Lipinski definition) is 4. The molecule has 0 unspecified atom stereocenters. The van der Waals surface area contributed by atoms with Crippen LogP contribution in [0.25, 0.3) is 0 Å². The molecule has 0 aromatic rings. The van der Waals surface area contributed by atoms with Gasteiger partial charge in [-0.1, -0.05) is 19.3 Å². The number of rotatable bonds is 1. The van der Waals surface area contributed by atoms with E-state index in [1.165, 1.54) is 19.3 Å². The molecule has 3 rings (SSSR count). The SMILES string of the molecule is C[C@H]1OCCN[C@@H]1C(=O)N1CCOC2(CCCCC2)C1. The van der Waals surface area contributed by atoms with Gasteiger partial charge in [0.2, 0.25) is 5.91 Å². The van der Waals surface area contributed by atoms with Crippen molar-refractivity contribution in [1.29, 1.82) is 0 Å². The lowest BCUT2D eigenvalue weighted by Crippen LogP contribution is -2.61. The summed E-state index contributed by atoms with van der Waals surface area (Å²) in [5.41, 5.74) is -0.0646. The topological polar surface area (TPSA) is 50.8 Å². The number of hydrogen-bond donors (Lipinski definition) is 1. The smallest absolute Gasteiger partial charge is 0.242 e. The standard InChI is InChI=1S/C15H26N2O3/c1-12-13(16-7-9-19-12)14(18)17-8-10-20-15(11-17)5-3-2-4-6-15/h12-13,16H,2-11H2,1H3/t12-,13+/m1/s1. The highest BCUT2D eigenvalue weighted by molar-refractivity contribution is 5.82. The normalized spacial score (nSPS) is 34.1. The second kappa shape index (κ2) is 6.00. The van der Waals surface area contributed by atoms with Crippen molar-refractivity contribution in [3.63, 3.8) is 0 Å². The Kier molecular flexibility index (Phi) is 4.29. The minimum atomic E-state index is -0.192. The van der Waals surface area contributed by atoms with Gasteiger partial charge in [-0.15, -0.1) is 0 Å². The van der Waals surface area contributed by atoms with E-state index in [-0.39, 0.29) is 23.7 Å². The molecule has 2 atom stereocenters. The monoisotopic (exact) mass is 282 g/mol. The fraction of sp³-hybridized carbons (Fsp3) is 0.933. The van der Waals surface area contributed by atoms with Gasteiger partial charge in [-0.25, -0.2) is 0 Å². The van der Waals surface area contributed by atoms with Crippen molar-refractivity contribution in [3.05, 3.63) is 0 Å². The van der Waals surface area contributed by atoms with Crippen LogP contribution in [0.3, 0.4) is 0 Å². The van der Waals surface area contributed by atoms with Crippen LogP contribution in [0.1, 0.15) is 39.0 Å². The first kappa shape index (κ1) is 14.3. The van der Waals surface area contributed by atoms with Crippen LogP contribution in [0, 0.1) is 0 Å². The minimum absolute atomic E-state index is 0.0404. The third-order valence-corrected chi connectivity index (χ3v) is 4.91. The summed E-state index contributed by atoms with van der Waals surface area (Å²) >= 11 is 0. The number of morpholine rings is 2. The summed E-state index contributed by atoms with van der Waals surface area (Å²) in [5, 5.41) is 3.30. The van der Waals surface area contributed by atoms with Gasteiger partial charge in [-0.05, 0) is 19.8 Å². The van der Waals surface area contributed by atoms with Crippen LogP contribution < -0.4 is 5.32 Å². The van der Waals surface area contributed by atoms with Crippen molar-refractivity contribution in [3.8, 4) is 0 Å². The van der Waals surface area contributed by atoms with E-state index in [9.17, 15) is 4.79 Å². The summed E-state index contributed by atoms with van der Waals surface area (Å²) < 4.78 is 11.7. The van der Waals surface area contributed by atoms with E-state index in [0.717, 1.165) is 25.9 Å². The fourth-order valence-corrected chi connectivity index (χ4v) is 3.74. The summed E-state index contributed by atoms with van der Waals surface area (Å²) in [6, 6.07) is -0.192. The van der Waals surface area contributed by atoms with E-state index in [0.29, 0.717) is 19.8 Å². The molecular weight excluding hydrogens is 256 g/mol. The van der Waals surface area contributed by atoms with Crippen LogP contribution in [0.4, 0.5) is 0 Å². The summed E-state index contributed by atoms with van der Waals surface area (Å²) in [6.45, 7) is 5.58. The van der Waals surface area contributed by atoms with Crippen molar-refractivity contribution >= 4 is 5.91 Å². The number of ether oxygens (including phenoxy) is 2. The molecule has 5 heteroatoms. The Labute approximate surface area is 121 Å². The highest BCUT2D eigenvalue weighted by Crippen LogP contribution is 2.34. The molecule has 2 aliphatic heterocycles. The summed E-state index contributed by atoms with van der Waals surface area (Å²) in [5.74, 6) is 0.186. The first-order valence-corrected chi connectivity index (χ1v) is 7.98. The lowest BCUT2D eigenvalue weighted by atomic mass is 9.83. The Morgan fingerprint density at radius 3 is 2.80 bits per heavy atom. The highest BCUT2D eigenvalue weighted by atomic mass is 16.5. The maximum absolute atomic E-state index is 12.7. The molecule has 3 fully saturated rings. The van der Waals surface area contributed by atoms with Crippen molar-refractivity contribution in [2.75, 3.05) is 32.8 Å². The van der Waals surface area contributed by atoms with Gasteiger partial charge in [0.1, 0.15) is 6.04 Å². The van der Waals surface area contributed by atoms with Gasteiger partial charge in [-0.2, -0.15) is 0 Å². The number of nitrogens with one attached hydrogen (secondary N) is 1. The van der Waals surface area contributed by atoms with E-state index in [1.54, 1.807) is 0 Å². The van der Waals surface area contributed by atoms with E-state index in [1.807, 2.05) is 11.8 Å². The number of carbonyl (C=O) groups is 1. The Morgan fingerprint density at radius 2 is 2.05 bits per heavy atom. The van der Waals surface area contributed by atoms with Crippen molar-refractivity contribution in [2.24, 2.45) is 0 Å². The van der Waals surface area contributed by atoms with Crippen LogP contribution in [0.2, 0.25) is 0 Å². The van der Waals surface area contributed by atoms with Crippen LogP contribution in [0.5, 0.6) is 0 Å².